The fourth-order valence-electron chi connectivity index (χ4n) is 3.44. The van der Waals surface area contributed by atoms with E-state index in [1.165, 1.54) is 6.33 Å². The first-order valence-electron chi connectivity index (χ1n) is 8.34. The second kappa shape index (κ2) is 7.08. The smallest absolute Gasteiger partial charge is 0.288 e. The summed E-state index contributed by atoms with van der Waals surface area (Å²) in [5, 5.41) is 9.16. The van der Waals surface area contributed by atoms with E-state index >= 15 is 0 Å². The van der Waals surface area contributed by atoms with Crippen molar-refractivity contribution in [2.75, 3.05) is 13.1 Å². The average Bonchev–Trinajstić information content (AvgIpc) is 3.10. The minimum atomic E-state index is -0.242. The summed E-state index contributed by atoms with van der Waals surface area (Å²) in [6.45, 7) is 1.39. The summed E-state index contributed by atoms with van der Waals surface area (Å²) in [6.07, 6.45) is 6.56. The minimum absolute atomic E-state index is 0.0800. The molecule has 0 radical (unpaired) electrons. The van der Waals surface area contributed by atoms with Crippen LogP contribution in [0.4, 0.5) is 0 Å². The molecule has 8 heteroatoms. The number of amides is 2. The molecular formula is C15H24N6O2. The van der Waals surface area contributed by atoms with Gasteiger partial charge >= 0.3 is 0 Å². The highest BCUT2D eigenvalue weighted by Gasteiger charge is 2.31. The second-order valence-electron chi connectivity index (χ2n) is 6.52. The van der Waals surface area contributed by atoms with Gasteiger partial charge in [-0.2, -0.15) is 5.10 Å². The Morgan fingerprint density at radius 3 is 2.48 bits per heavy atom. The molecule has 23 heavy (non-hydrogen) atoms. The van der Waals surface area contributed by atoms with Crippen LogP contribution in [0.1, 0.15) is 49.1 Å². The van der Waals surface area contributed by atoms with E-state index < -0.39 is 0 Å². The molecule has 1 saturated heterocycles. The Hall–Kier alpha value is -1.96. The lowest BCUT2D eigenvalue weighted by atomic mass is 9.85. The highest BCUT2D eigenvalue weighted by atomic mass is 16.2. The Labute approximate surface area is 135 Å². The summed E-state index contributed by atoms with van der Waals surface area (Å²) < 4.78 is 0. The quantitative estimate of drug-likeness (QED) is 0.727. The summed E-state index contributed by atoms with van der Waals surface area (Å²) >= 11 is 0. The number of aromatic nitrogens is 3. The molecule has 1 aromatic rings. The van der Waals surface area contributed by atoms with Gasteiger partial charge in [0, 0.05) is 31.1 Å². The molecule has 2 amide bonds. The molecule has 1 aliphatic carbocycles. The van der Waals surface area contributed by atoms with Gasteiger partial charge in [0.2, 0.25) is 11.7 Å². The second-order valence-corrected chi connectivity index (χ2v) is 6.52. The van der Waals surface area contributed by atoms with Gasteiger partial charge in [-0.3, -0.25) is 14.7 Å². The maximum absolute atomic E-state index is 12.5. The number of aromatic amines is 1. The van der Waals surface area contributed by atoms with E-state index in [9.17, 15) is 9.59 Å². The van der Waals surface area contributed by atoms with Crippen LogP contribution < -0.4 is 11.1 Å². The molecule has 2 fully saturated rings. The van der Waals surface area contributed by atoms with Crippen molar-refractivity contribution in [3.8, 4) is 0 Å². The number of carbonyl (C=O) groups excluding carboxylic acids is 2. The van der Waals surface area contributed by atoms with Crippen LogP contribution in [-0.4, -0.2) is 57.1 Å². The third-order valence-electron chi connectivity index (χ3n) is 4.89. The number of nitrogens with one attached hydrogen (secondary N) is 2. The van der Waals surface area contributed by atoms with Crippen molar-refractivity contribution in [1.82, 2.24) is 25.4 Å². The largest absolute Gasteiger partial charge is 0.346 e. The molecule has 126 valence electrons. The number of nitrogens with zero attached hydrogens (tertiary/aromatic N) is 3. The number of carbonyl (C=O) groups is 2. The number of likely N-dealkylation sites (tertiary alicyclic amines) is 1. The standard InChI is InChI=1S/C15H24N6O2/c16-11-3-1-10(2-4-11)15(23)21-7-5-12(6-8-21)19-14(22)13-17-9-18-20-13/h9-12H,1-8,16H2,(H,19,22)(H,17,18,20). The van der Waals surface area contributed by atoms with Crippen molar-refractivity contribution in [1.29, 1.82) is 0 Å². The number of nitrogens with two attached hydrogens (primary N) is 1. The van der Waals surface area contributed by atoms with Crippen molar-refractivity contribution < 1.29 is 9.59 Å². The van der Waals surface area contributed by atoms with Gasteiger partial charge in [-0.1, -0.05) is 0 Å². The Morgan fingerprint density at radius 1 is 1.17 bits per heavy atom. The first-order chi connectivity index (χ1) is 11.1. The Bertz CT molecular complexity index is 530. The molecule has 4 N–H and O–H groups in total. The zero-order chi connectivity index (χ0) is 16.2. The average molecular weight is 320 g/mol. The van der Waals surface area contributed by atoms with Crippen LogP contribution in [0.5, 0.6) is 0 Å². The molecule has 0 atom stereocenters. The lowest BCUT2D eigenvalue weighted by Crippen LogP contribution is -2.48. The fourth-order valence-corrected chi connectivity index (χ4v) is 3.44. The molecule has 1 aliphatic heterocycles. The van der Waals surface area contributed by atoms with Crippen molar-refractivity contribution in [2.45, 2.75) is 50.6 Å². The van der Waals surface area contributed by atoms with Gasteiger partial charge in [0.15, 0.2) is 0 Å². The molecule has 0 aromatic carbocycles. The predicted molar refractivity (Wildman–Crippen MR) is 83.4 cm³/mol. The molecule has 3 rings (SSSR count). The van der Waals surface area contributed by atoms with E-state index in [4.69, 9.17) is 5.73 Å². The van der Waals surface area contributed by atoms with Crippen LogP contribution in [0.25, 0.3) is 0 Å². The molecule has 0 unspecified atom stereocenters. The topological polar surface area (TPSA) is 117 Å². The van der Waals surface area contributed by atoms with Crippen LogP contribution in [0, 0.1) is 5.92 Å². The third-order valence-corrected chi connectivity index (χ3v) is 4.89. The molecule has 0 bridgehead atoms. The summed E-state index contributed by atoms with van der Waals surface area (Å²) in [4.78, 5) is 30.3. The van der Waals surface area contributed by atoms with Crippen LogP contribution in [0.3, 0.4) is 0 Å². The zero-order valence-electron chi connectivity index (χ0n) is 13.2. The number of hydrogen-bond donors (Lipinski definition) is 3. The maximum Gasteiger partial charge on any atom is 0.288 e. The van der Waals surface area contributed by atoms with Gasteiger partial charge in [-0.25, -0.2) is 4.98 Å². The van der Waals surface area contributed by atoms with Gasteiger partial charge in [-0.15, -0.1) is 0 Å². The molecule has 1 aromatic heterocycles. The lowest BCUT2D eigenvalue weighted by molar-refractivity contribution is -0.137. The van der Waals surface area contributed by atoms with Crippen LogP contribution in [0.2, 0.25) is 0 Å². The van der Waals surface area contributed by atoms with E-state index in [1.807, 2.05) is 4.90 Å². The predicted octanol–water partition coefficient (Wildman–Crippen LogP) is 0.0430. The number of piperidine rings is 1. The molecular weight excluding hydrogens is 296 g/mol. The Morgan fingerprint density at radius 2 is 1.87 bits per heavy atom. The Kier molecular flexibility index (Phi) is 4.90. The monoisotopic (exact) mass is 320 g/mol. The normalized spacial score (nSPS) is 26.0. The zero-order valence-corrected chi connectivity index (χ0v) is 13.2. The van der Waals surface area contributed by atoms with Crippen molar-refractivity contribution in [3.05, 3.63) is 12.2 Å². The van der Waals surface area contributed by atoms with Gasteiger partial charge < -0.3 is 16.0 Å². The minimum Gasteiger partial charge on any atom is -0.346 e. The summed E-state index contributed by atoms with van der Waals surface area (Å²) in [5.41, 5.74) is 5.90. The van der Waals surface area contributed by atoms with E-state index in [1.54, 1.807) is 0 Å². The molecule has 2 heterocycles. The van der Waals surface area contributed by atoms with Gasteiger partial charge in [0.25, 0.3) is 5.91 Å². The first kappa shape index (κ1) is 15.9. The highest BCUT2D eigenvalue weighted by molar-refractivity contribution is 5.90. The Balaban J connectivity index is 1.45. The summed E-state index contributed by atoms with van der Waals surface area (Å²) in [6, 6.07) is 0.340. The van der Waals surface area contributed by atoms with Crippen molar-refractivity contribution in [2.24, 2.45) is 11.7 Å². The van der Waals surface area contributed by atoms with Crippen molar-refractivity contribution in [3.63, 3.8) is 0 Å². The number of rotatable bonds is 3. The van der Waals surface area contributed by atoms with Crippen molar-refractivity contribution >= 4 is 11.8 Å². The van der Waals surface area contributed by atoms with E-state index in [2.05, 4.69) is 20.5 Å². The van der Waals surface area contributed by atoms with Gasteiger partial charge in [-0.05, 0) is 38.5 Å². The van der Waals surface area contributed by atoms with Crippen LogP contribution in [0.15, 0.2) is 6.33 Å². The number of H-pyrrole nitrogens is 1. The molecule has 8 nitrogen and oxygen atoms in total. The number of hydrogen-bond acceptors (Lipinski definition) is 5. The molecule has 0 spiro atoms. The van der Waals surface area contributed by atoms with Gasteiger partial charge in [0.05, 0.1) is 0 Å². The van der Waals surface area contributed by atoms with E-state index in [0.29, 0.717) is 13.1 Å². The van der Waals surface area contributed by atoms with Gasteiger partial charge in [0.1, 0.15) is 6.33 Å². The lowest BCUT2D eigenvalue weighted by Gasteiger charge is -2.36. The van der Waals surface area contributed by atoms with Crippen LogP contribution in [-0.2, 0) is 4.79 Å². The molecule has 1 saturated carbocycles. The molecule has 2 aliphatic rings. The highest BCUT2D eigenvalue weighted by Crippen LogP contribution is 2.26. The SMILES string of the molecule is NC1CCC(C(=O)N2CCC(NC(=O)c3ncn[nH]3)CC2)CC1. The first-order valence-corrected chi connectivity index (χ1v) is 8.34. The summed E-state index contributed by atoms with van der Waals surface area (Å²) in [5.74, 6) is 0.377. The van der Waals surface area contributed by atoms with E-state index in [0.717, 1.165) is 38.5 Å². The van der Waals surface area contributed by atoms with E-state index in [-0.39, 0.29) is 35.6 Å². The van der Waals surface area contributed by atoms with Crippen LogP contribution >= 0.6 is 0 Å². The fraction of sp³-hybridized carbons (Fsp3) is 0.733. The summed E-state index contributed by atoms with van der Waals surface area (Å²) in [7, 11) is 0. The maximum atomic E-state index is 12.5. The third kappa shape index (κ3) is 3.87.